The Morgan fingerprint density at radius 3 is 2.10 bits per heavy atom. The molecule has 0 radical (unpaired) electrons. The third-order valence-electron chi connectivity index (χ3n) is 8.66. The molecule has 5 aliphatic rings. The molecule has 0 aromatic rings. The Morgan fingerprint density at radius 2 is 1.58 bits per heavy atom. The highest BCUT2D eigenvalue weighted by molar-refractivity contribution is 5.82. The molecule has 0 saturated heterocycles. The van der Waals surface area contributed by atoms with Crippen LogP contribution in [0.3, 0.4) is 0 Å². The summed E-state index contributed by atoms with van der Waals surface area (Å²) in [6, 6.07) is 0. The standard InChI is InChI=1S/C26H40O5/c1-5-25(4,23(29)30-21-8-6-7-20(27)12-21)16-24(2,3)22(28)31-26-13-17-9-18(14-26)11-19(10-17)15-26/h17-19,21H,5-16H2,1-4H3. The smallest absolute Gasteiger partial charge is 0.312 e. The van der Waals surface area contributed by atoms with Gasteiger partial charge in [-0.05, 0) is 103 Å². The summed E-state index contributed by atoms with van der Waals surface area (Å²) in [4.78, 5) is 38.2. The van der Waals surface area contributed by atoms with Gasteiger partial charge in [0.15, 0.2) is 0 Å². The van der Waals surface area contributed by atoms with E-state index in [1.807, 2.05) is 27.7 Å². The Balaban J connectivity index is 1.40. The second-order valence-corrected chi connectivity index (χ2v) is 12.1. The average molecular weight is 433 g/mol. The van der Waals surface area contributed by atoms with Crippen LogP contribution in [0.4, 0.5) is 0 Å². The van der Waals surface area contributed by atoms with Crippen molar-refractivity contribution in [2.24, 2.45) is 28.6 Å². The number of carbonyl (C=O) groups is 3. The molecule has 0 aromatic heterocycles. The van der Waals surface area contributed by atoms with Crippen LogP contribution in [0, 0.1) is 28.6 Å². The highest BCUT2D eigenvalue weighted by atomic mass is 16.6. The molecule has 5 aliphatic carbocycles. The molecule has 0 amide bonds. The highest BCUT2D eigenvalue weighted by Crippen LogP contribution is 2.57. The van der Waals surface area contributed by atoms with E-state index >= 15 is 0 Å². The van der Waals surface area contributed by atoms with Crippen LogP contribution in [0.5, 0.6) is 0 Å². The lowest BCUT2D eigenvalue weighted by atomic mass is 9.54. The molecule has 5 heteroatoms. The van der Waals surface area contributed by atoms with Gasteiger partial charge < -0.3 is 9.47 Å². The summed E-state index contributed by atoms with van der Waals surface area (Å²) < 4.78 is 12.1. The second kappa shape index (κ2) is 8.19. The first-order chi connectivity index (χ1) is 14.5. The molecular formula is C26H40O5. The molecule has 0 heterocycles. The van der Waals surface area contributed by atoms with Gasteiger partial charge in [0.05, 0.1) is 10.8 Å². The third-order valence-corrected chi connectivity index (χ3v) is 8.66. The Labute approximate surface area is 187 Å². The minimum absolute atomic E-state index is 0.168. The van der Waals surface area contributed by atoms with Gasteiger partial charge in [0.25, 0.3) is 0 Å². The van der Waals surface area contributed by atoms with E-state index in [0.29, 0.717) is 25.7 Å². The summed E-state index contributed by atoms with van der Waals surface area (Å²) in [7, 11) is 0. The van der Waals surface area contributed by atoms with E-state index < -0.39 is 10.8 Å². The van der Waals surface area contributed by atoms with Crippen molar-refractivity contribution in [3.05, 3.63) is 0 Å². The number of hydrogen-bond donors (Lipinski definition) is 0. The average Bonchev–Trinajstić information content (AvgIpc) is 2.66. The van der Waals surface area contributed by atoms with Gasteiger partial charge in [-0.25, -0.2) is 0 Å². The number of rotatable bonds is 7. The van der Waals surface area contributed by atoms with Gasteiger partial charge in [0.1, 0.15) is 17.5 Å². The number of esters is 2. The molecule has 5 fully saturated rings. The number of hydrogen-bond acceptors (Lipinski definition) is 5. The Bertz CT molecular complexity index is 703. The van der Waals surface area contributed by atoms with Gasteiger partial charge in [-0.15, -0.1) is 0 Å². The lowest BCUT2D eigenvalue weighted by molar-refractivity contribution is -0.198. The minimum atomic E-state index is -0.773. The van der Waals surface area contributed by atoms with Gasteiger partial charge in [0.2, 0.25) is 0 Å². The Hall–Kier alpha value is -1.39. The molecule has 0 aliphatic heterocycles. The maximum atomic E-state index is 13.4. The molecule has 5 nitrogen and oxygen atoms in total. The highest BCUT2D eigenvalue weighted by Gasteiger charge is 2.54. The molecule has 0 N–H and O–H groups in total. The first-order valence-corrected chi connectivity index (χ1v) is 12.5. The van der Waals surface area contributed by atoms with Crippen LogP contribution in [-0.4, -0.2) is 29.4 Å². The number of Topliss-reactive ketones (excluding diaryl/α,β-unsaturated/α-hetero) is 1. The summed E-state index contributed by atoms with van der Waals surface area (Å²) in [6.07, 6.45) is 10.1. The van der Waals surface area contributed by atoms with E-state index in [4.69, 9.17) is 9.47 Å². The lowest BCUT2D eigenvalue weighted by Gasteiger charge is -2.56. The van der Waals surface area contributed by atoms with Crippen LogP contribution in [0.25, 0.3) is 0 Å². The van der Waals surface area contributed by atoms with Crippen molar-refractivity contribution in [2.45, 2.75) is 116 Å². The van der Waals surface area contributed by atoms with E-state index in [1.165, 1.54) is 19.3 Å². The minimum Gasteiger partial charge on any atom is -0.461 e. The van der Waals surface area contributed by atoms with E-state index in [9.17, 15) is 14.4 Å². The van der Waals surface area contributed by atoms with Crippen LogP contribution in [0.15, 0.2) is 0 Å². The zero-order chi connectivity index (χ0) is 22.4. The number of ether oxygens (including phenoxy) is 2. The first-order valence-electron chi connectivity index (χ1n) is 12.5. The summed E-state index contributed by atoms with van der Waals surface area (Å²) in [5.74, 6) is 1.87. The van der Waals surface area contributed by atoms with E-state index in [0.717, 1.165) is 49.9 Å². The third kappa shape index (κ3) is 4.71. The molecule has 5 rings (SSSR count). The Morgan fingerprint density at radius 1 is 1.00 bits per heavy atom. The van der Waals surface area contributed by atoms with E-state index in [-0.39, 0.29) is 29.4 Å². The Kier molecular flexibility index (Phi) is 6.02. The van der Waals surface area contributed by atoms with Crippen molar-refractivity contribution in [2.75, 3.05) is 0 Å². The van der Waals surface area contributed by atoms with Crippen LogP contribution < -0.4 is 0 Å². The molecular weight excluding hydrogens is 392 g/mol. The molecule has 4 bridgehead atoms. The summed E-state index contributed by atoms with van der Waals surface area (Å²) in [5, 5.41) is 0. The molecule has 174 valence electrons. The maximum Gasteiger partial charge on any atom is 0.312 e. The number of carbonyl (C=O) groups excluding carboxylic acids is 3. The van der Waals surface area contributed by atoms with Gasteiger partial charge in [0, 0.05) is 12.8 Å². The van der Waals surface area contributed by atoms with Crippen molar-refractivity contribution in [3.8, 4) is 0 Å². The molecule has 0 aromatic carbocycles. The summed E-state index contributed by atoms with van der Waals surface area (Å²) >= 11 is 0. The van der Waals surface area contributed by atoms with Crippen molar-refractivity contribution in [1.82, 2.24) is 0 Å². The van der Waals surface area contributed by atoms with Crippen LogP contribution in [0.1, 0.15) is 105 Å². The van der Waals surface area contributed by atoms with Gasteiger partial charge in [-0.2, -0.15) is 0 Å². The van der Waals surface area contributed by atoms with Gasteiger partial charge in [-0.1, -0.05) is 6.92 Å². The molecule has 2 unspecified atom stereocenters. The fourth-order valence-corrected chi connectivity index (χ4v) is 7.26. The molecule has 5 saturated carbocycles. The first kappa shape index (κ1) is 22.8. The zero-order valence-electron chi connectivity index (χ0n) is 19.8. The van der Waals surface area contributed by atoms with E-state index in [2.05, 4.69) is 0 Å². The predicted molar refractivity (Wildman–Crippen MR) is 117 cm³/mol. The maximum absolute atomic E-state index is 13.4. The quantitative estimate of drug-likeness (QED) is 0.505. The fourth-order valence-electron chi connectivity index (χ4n) is 7.26. The molecule has 31 heavy (non-hydrogen) atoms. The SMILES string of the molecule is CCC(C)(CC(C)(C)C(=O)OC12CC3CC(CC(C3)C1)C2)C(=O)OC1CCCC(=O)C1. The monoisotopic (exact) mass is 432 g/mol. The van der Waals surface area contributed by atoms with Gasteiger partial charge in [-0.3, -0.25) is 14.4 Å². The van der Waals surface area contributed by atoms with Gasteiger partial charge >= 0.3 is 11.9 Å². The van der Waals surface area contributed by atoms with Crippen LogP contribution >= 0.6 is 0 Å². The zero-order valence-corrected chi connectivity index (χ0v) is 19.8. The van der Waals surface area contributed by atoms with Crippen LogP contribution in [0.2, 0.25) is 0 Å². The largest absolute Gasteiger partial charge is 0.461 e. The fraction of sp³-hybridized carbons (Fsp3) is 0.885. The molecule has 0 spiro atoms. The predicted octanol–water partition coefficient (Wildman–Crippen LogP) is 5.39. The normalized spacial score (nSPS) is 36.7. The summed E-state index contributed by atoms with van der Waals surface area (Å²) in [5.41, 5.74) is -1.81. The topological polar surface area (TPSA) is 69.7 Å². The second-order valence-electron chi connectivity index (χ2n) is 12.1. The van der Waals surface area contributed by atoms with Crippen molar-refractivity contribution in [1.29, 1.82) is 0 Å². The van der Waals surface area contributed by atoms with Crippen molar-refractivity contribution < 1.29 is 23.9 Å². The van der Waals surface area contributed by atoms with Crippen molar-refractivity contribution in [3.63, 3.8) is 0 Å². The lowest BCUT2D eigenvalue weighted by Crippen LogP contribution is -2.54. The number of ketones is 1. The van der Waals surface area contributed by atoms with Crippen LogP contribution in [-0.2, 0) is 23.9 Å². The molecule has 2 atom stereocenters. The van der Waals surface area contributed by atoms with Crippen molar-refractivity contribution >= 4 is 17.7 Å². The van der Waals surface area contributed by atoms with E-state index in [1.54, 1.807) is 0 Å². The summed E-state index contributed by atoms with van der Waals surface area (Å²) in [6.45, 7) is 7.66.